The number of nitrogens with one attached hydrogen (secondary N) is 1. The van der Waals surface area contributed by atoms with Crippen molar-refractivity contribution in [2.75, 3.05) is 12.4 Å². The average molecular weight is 432 g/mol. The zero-order chi connectivity index (χ0) is 19.7. The fraction of sp³-hybridized carbons (Fsp3) is 0.316. The molecule has 0 aliphatic rings. The van der Waals surface area contributed by atoms with E-state index in [9.17, 15) is 4.79 Å². The van der Waals surface area contributed by atoms with Crippen LogP contribution in [0.3, 0.4) is 0 Å². The maximum Gasteiger partial charge on any atom is 0.275 e. The van der Waals surface area contributed by atoms with Crippen LogP contribution in [0.4, 0.5) is 5.69 Å². The zero-order valence-corrected chi connectivity index (χ0v) is 17.6. The standard InChI is InChI=1S/C19H22BrN5O2/c1-11-16(20)18(24(4)22-11)19(26)21-17-12(2)23-25(13(17)3)10-14-7-6-8-15(9-14)27-5/h6-9H,10H2,1-5H3,(H,21,26). The minimum Gasteiger partial charge on any atom is -0.497 e. The van der Waals surface area contributed by atoms with Crippen LogP contribution < -0.4 is 10.1 Å². The number of methoxy groups -OCH3 is 1. The normalized spacial score (nSPS) is 10.9. The summed E-state index contributed by atoms with van der Waals surface area (Å²) in [5.41, 5.74) is 4.69. The van der Waals surface area contributed by atoms with Gasteiger partial charge in [0, 0.05) is 7.05 Å². The van der Waals surface area contributed by atoms with E-state index < -0.39 is 0 Å². The number of hydrogen-bond acceptors (Lipinski definition) is 4. The molecule has 0 aliphatic heterocycles. The Morgan fingerprint density at radius 1 is 1.22 bits per heavy atom. The molecule has 0 unspecified atom stereocenters. The number of carbonyl (C=O) groups excluding carboxylic acids is 1. The summed E-state index contributed by atoms with van der Waals surface area (Å²) in [5, 5.41) is 11.8. The summed E-state index contributed by atoms with van der Waals surface area (Å²) >= 11 is 3.44. The number of benzene rings is 1. The van der Waals surface area contributed by atoms with Gasteiger partial charge in [0.25, 0.3) is 5.91 Å². The monoisotopic (exact) mass is 431 g/mol. The number of anilines is 1. The van der Waals surface area contributed by atoms with Gasteiger partial charge in [0.1, 0.15) is 11.4 Å². The summed E-state index contributed by atoms with van der Waals surface area (Å²) in [6, 6.07) is 7.85. The van der Waals surface area contributed by atoms with Gasteiger partial charge in [-0.3, -0.25) is 14.2 Å². The molecular formula is C19H22BrN5O2. The quantitative estimate of drug-likeness (QED) is 0.669. The third-order valence-corrected chi connectivity index (χ3v) is 5.40. The van der Waals surface area contributed by atoms with Gasteiger partial charge in [-0.15, -0.1) is 0 Å². The molecule has 3 rings (SSSR count). The van der Waals surface area contributed by atoms with Crippen LogP contribution in [0.25, 0.3) is 0 Å². The maximum absolute atomic E-state index is 12.8. The van der Waals surface area contributed by atoms with E-state index in [0.29, 0.717) is 22.4 Å². The molecule has 0 spiro atoms. The van der Waals surface area contributed by atoms with Crippen LogP contribution in [0.2, 0.25) is 0 Å². The lowest BCUT2D eigenvalue weighted by Crippen LogP contribution is -2.17. The third kappa shape index (κ3) is 3.75. The summed E-state index contributed by atoms with van der Waals surface area (Å²) in [6.07, 6.45) is 0. The second-order valence-electron chi connectivity index (χ2n) is 6.38. The summed E-state index contributed by atoms with van der Waals surface area (Å²) in [6.45, 7) is 6.27. The van der Waals surface area contributed by atoms with E-state index in [1.54, 1.807) is 18.8 Å². The van der Waals surface area contributed by atoms with E-state index >= 15 is 0 Å². The second kappa shape index (κ2) is 7.56. The largest absolute Gasteiger partial charge is 0.497 e. The van der Waals surface area contributed by atoms with Crippen LogP contribution in [0.5, 0.6) is 5.75 Å². The van der Waals surface area contributed by atoms with E-state index in [2.05, 4.69) is 31.4 Å². The minimum absolute atomic E-state index is 0.225. The Labute approximate surface area is 166 Å². The number of aryl methyl sites for hydroxylation is 3. The predicted octanol–water partition coefficient (Wildman–Crippen LogP) is 3.61. The van der Waals surface area contributed by atoms with Crippen molar-refractivity contribution in [1.29, 1.82) is 0 Å². The molecule has 2 aromatic heterocycles. The fourth-order valence-electron chi connectivity index (χ4n) is 3.03. The smallest absolute Gasteiger partial charge is 0.275 e. The van der Waals surface area contributed by atoms with Crippen molar-refractivity contribution in [3.05, 3.63) is 57.1 Å². The van der Waals surface area contributed by atoms with Gasteiger partial charge >= 0.3 is 0 Å². The number of amides is 1. The summed E-state index contributed by atoms with van der Waals surface area (Å²) in [5.74, 6) is 0.580. The molecule has 0 bridgehead atoms. The SMILES string of the molecule is COc1cccc(Cn2nc(C)c(NC(=O)c3c(Br)c(C)nn3C)c2C)c1. The van der Waals surface area contributed by atoms with Crippen LogP contribution in [0.15, 0.2) is 28.7 Å². The first-order valence-electron chi connectivity index (χ1n) is 8.49. The third-order valence-electron chi connectivity index (χ3n) is 4.45. The highest BCUT2D eigenvalue weighted by molar-refractivity contribution is 9.10. The first kappa shape index (κ1) is 19.2. The number of hydrogen-bond donors (Lipinski definition) is 1. The van der Waals surface area contributed by atoms with Crippen molar-refractivity contribution >= 4 is 27.5 Å². The molecule has 0 saturated heterocycles. The summed E-state index contributed by atoms with van der Waals surface area (Å²) in [4.78, 5) is 12.8. The van der Waals surface area contributed by atoms with Crippen LogP contribution in [0, 0.1) is 20.8 Å². The Balaban J connectivity index is 1.86. The first-order valence-corrected chi connectivity index (χ1v) is 9.28. The molecule has 1 aromatic carbocycles. The number of carbonyl (C=O) groups is 1. The summed E-state index contributed by atoms with van der Waals surface area (Å²) in [7, 11) is 3.40. The lowest BCUT2D eigenvalue weighted by Gasteiger charge is -2.09. The molecule has 1 amide bonds. The van der Waals surface area contributed by atoms with E-state index in [4.69, 9.17) is 4.74 Å². The average Bonchev–Trinajstić information content (AvgIpc) is 3.04. The molecule has 7 nitrogen and oxygen atoms in total. The van der Waals surface area contributed by atoms with Gasteiger partial charge in [-0.25, -0.2) is 0 Å². The number of nitrogens with zero attached hydrogens (tertiary/aromatic N) is 4. The second-order valence-corrected chi connectivity index (χ2v) is 7.17. The minimum atomic E-state index is -0.225. The number of rotatable bonds is 5. The Morgan fingerprint density at radius 2 is 1.96 bits per heavy atom. The molecule has 2 heterocycles. The molecule has 0 aliphatic carbocycles. The lowest BCUT2D eigenvalue weighted by atomic mass is 10.2. The van der Waals surface area contributed by atoms with Crippen molar-refractivity contribution in [1.82, 2.24) is 19.6 Å². The summed E-state index contributed by atoms with van der Waals surface area (Å²) < 4.78 is 9.42. The maximum atomic E-state index is 12.8. The molecule has 27 heavy (non-hydrogen) atoms. The number of ether oxygens (including phenoxy) is 1. The molecule has 0 atom stereocenters. The number of halogens is 1. The lowest BCUT2D eigenvalue weighted by molar-refractivity contribution is 0.101. The van der Waals surface area contributed by atoms with Crippen molar-refractivity contribution in [2.24, 2.45) is 7.05 Å². The van der Waals surface area contributed by atoms with Gasteiger partial charge < -0.3 is 10.1 Å². The van der Waals surface area contributed by atoms with Gasteiger partial charge in [-0.2, -0.15) is 10.2 Å². The molecule has 3 aromatic rings. The molecule has 1 N–H and O–H groups in total. The fourth-order valence-corrected chi connectivity index (χ4v) is 3.54. The van der Waals surface area contributed by atoms with Crippen LogP contribution >= 0.6 is 15.9 Å². The van der Waals surface area contributed by atoms with E-state index in [1.807, 2.05) is 49.7 Å². The highest BCUT2D eigenvalue weighted by Crippen LogP contribution is 2.25. The highest BCUT2D eigenvalue weighted by Gasteiger charge is 2.21. The molecule has 142 valence electrons. The molecule has 0 radical (unpaired) electrons. The molecule has 0 fully saturated rings. The van der Waals surface area contributed by atoms with E-state index in [-0.39, 0.29) is 5.91 Å². The Hall–Kier alpha value is -2.61. The van der Waals surface area contributed by atoms with Crippen molar-refractivity contribution in [3.63, 3.8) is 0 Å². The predicted molar refractivity (Wildman–Crippen MR) is 107 cm³/mol. The topological polar surface area (TPSA) is 74.0 Å². The van der Waals surface area contributed by atoms with Gasteiger partial charge in [-0.05, 0) is 54.4 Å². The van der Waals surface area contributed by atoms with E-state index in [1.165, 1.54) is 0 Å². The van der Waals surface area contributed by atoms with Crippen LogP contribution in [-0.4, -0.2) is 32.6 Å². The van der Waals surface area contributed by atoms with Crippen LogP contribution in [-0.2, 0) is 13.6 Å². The van der Waals surface area contributed by atoms with Crippen molar-refractivity contribution in [3.8, 4) is 5.75 Å². The van der Waals surface area contributed by atoms with Crippen molar-refractivity contribution in [2.45, 2.75) is 27.3 Å². The van der Waals surface area contributed by atoms with Gasteiger partial charge in [0.05, 0.1) is 40.9 Å². The van der Waals surface area contributed by atoms with Gasteiger partial charge in [0.15, 0.2) is 0 Å². The highest BCUT2D eigenvalue weighted by atomic mass is 79.9. The van der Waals surface area contributed by atoms with Crippen molar-refractivity contribution < 1.29 is 9.53 Å². The Bertz CT molecular complexity index is 1010. The zero-order valence-electron chi connectivity index (χ0n) is 16.0. The number of aromatic nitrogens is 4. The molecular weight excluding hydrogens is 410 g/mol. The first-order chi connectivity index (χ1) is 12.8. The van der Waals surface area contributed by atoms with Gasteiger partial charge in [-0.1, -0.05) is 12.1 Å². The van der Waals surface area contributed by atoms with Crippen LogP contribution in [0.1, 0.15) is 33.1 Å². The van der Waals surface area contributed by atoms with E-state index in [0.717, 1.165) is 28.4 Å². The van der Waals surface area contributed by atoms with Gasteiger partial charge in [0.2, 0.25) is 0 Å². The molecule has 0 saturated carbocycles. The molecule has 8 heteroatoms. The Kier molecular flexibility index (Phi) is 5.36. The Morgan fingerprint density at radius 3 is 2.59 bits per heavy atom.